The van der Waals surface area contributed by atoms with E-state index in [1.165, 1.54) is 0 Å². The van der Waals surface area contributed by atoms with Gasteiger partial charge in [-0.2, -0.15) is 0 Å². The van der Waals surface area contributed by atoms with Crippen molar-refractivity contribution >= 4 is 28.5 Å². The topological polar surface area (TPSA) is 69.0 Å². The number of carbonyl (C=O) groups is 1. The first-order valence-corrected chi connectivity index (χ1v) is 13.2. The Kier molecular flexibility index (Phi) is 7.54. The molecule has 1 unspecified atom stereocenters. The van der Waals surface area contributed by atoms with E-state index in [0.29, 0.717) is 53.5 Å². The first kappa shape index (κ1) is 26.0. The van der Waals surface area contributed by atoms with Crippen LogP contribution in [-0.2, 0) is 11.3 Å². The third-order valence-corrected chi connectivity index (χ3v) is 7.09. The number of halogens is 1. The number of aryl methyl sites for hydroxylation is 1. The van der Waals surface area contributed by atoms with Crippen LogP contribution < -0.4 is 10.2 Å². The third-order valence-electron chi connectivity index (χ3n) is 6.69. The largest absolute Gasteiger partial charge is 0.489 e. The van der Waals surface area contributed by atoms with Gasteiger partial charge in [0.05, 0.1) is 23.1 Å². The van der Waals surface area contributed by atoms with E-state index in [-0.39, 0.29) is 23.2 Å². The van der Waals surface area contributed by atoms with Gasteiger partial charge in [-0.1, -0.05) is 54.1 Å². The number of rotatable bonds is 9. The Hall–Kier alpha value is -3.61. The molecule has 1 aliphatic rings. The van der Waals surface area contributed by atoms with Crippen LogP contribution in [0.5, 0.6) is 5.75 Å². The molecule has 1 aliphatic heterocycles. The highest BCUT2D eigenvalue weighted by molar-refractivity contribution is 6.32. The molecule has 3 aromatic carbocycles. The molecule has 0 N–H and O–H groups in total. The molecule has 0 spiro atoms. The normalized spacial score (nSPS) is 14.9. The number of fused-ring (bicyclic) bond motifs is 2. The lowest BCUT2D eigenvalue weighted by Gasteiger charge is -2.25. The zero-order valence-corrected chi connectivity index (χ0v) is 22.5. The maximum Gasteiger partial charge on any atom is 0.290 e. The minimum Gasteiger partial charge on any atom is -0.489 e. The van der Waals surface area contributed by atoms with Gasteiger partial charge in [0, 0.05) is 18.2 Å². The Morgan fingerprint density at radius 1 is 1.03 bits per heavy atom. The average Bonchev–Trinajstić information content (AvgIpc) is 3.19. The number of ether oxygens (including phenoxy) is 2. The molecule has 1 atom stereocenters. The molecule has 0 fully saturated rings. The zero-order valence-electron chi connectivity index (χ0n) is 21.7. The van der Waals surface area contributed by atoms with Crippen LogP contribution >= 0.6 is 11.6 Å². The SMILES string of the molecule is Cc1cc2oc3c(c(=O)c2cc1Cl)C(c1ccc(OCc2ccccc2)cc1)N(CCCOC(C)C)C3=O. The van der Waals surface area contributed by atoms with Gasteiger partial charge in [-0.05, 0) is 68.1 Å². The summed E-state index contributed by atoms with van der Waals surface area (Å²) in [5.74, 6) is 0.487. The van der Waals surface area contributed by atoms with Gasteiger partial charge in [-0.15, -0.1) is 0 Å². The summed E-state index contributed by atoms with van der Waals surface area (Å²) in [6.45, 7) is 7.16. The standard InChI is InChI=1S/C31H30ClNO5/c1-19(2)36-15-7-14-33-28(22-10-12-23(13-11-22)37-18-21-8-5-4-6-9-21)27-29(34)24-17-25(32)20(3)16-26(24)38-30(27)31(33)35/h4-6,8-13,16-17,19,28H,7,14-15,18H2,1-3H3. The molecular weight excluding hydrogens is 502 g/mol. The van der Waals surface area contributed by atoms with Crippen molar-refractivity contribution in [2.24, 2.45) is 0 Å². The van der Waals surface area contributed by atoms with Crippen LogP contribution in [0.15, 0.2) is 75.9 Å². The first-order valence-electron chi connectivity index (χ1n) is 12.8. The molecule has 0 aliphatic carbocycles. The molecule has 5 rings (SSSR count). The fourth-order valence-electron chi connectivity index (χ4n) is 4.76. The van der Waals surface area contributed by atoms with Crippen molar-refractivity contribution in [3.05, 3.63) is 110 Å². The maximum absolute atomic E-state index is 13.8. The zero-order chi connectivity index (χ0) is 26.8. The lowest BCUT2D eigenvalue weighted by molar-refractivity contribution is 0.0593. The fraction of sp³-hybridized carbons (Fsp3) is 0.290. The van der Waals surface area contributed by atoms with Gasteiger partial charge in [-0.25, -0.2) is 0 Å². The Morgan fingerprint density at radius 2 is 1.76 bits per heavy atom. The van der Waals surface area contributed by atoms with Crippen LogP contribution in [0, 0.1) is 6.92 Å². The average molecular weight is 532 g/mol. The molecule has 38 heavy (non-hydrogen) atoms. The van der Waals surface area contributed by atoms with Crippen molar-refractivity contribution in [2.45, 2.75) is 45.9 Å². The van der Waals surface area contributed by atoms with Gasteiger partial charge in [-0.3, -0.25) is 9.59 Å². The van der Waals surface area contributed by atoms with Crippen molar-refractivity contribution in [3.63, 3.8) is 0 Å². The van der Waals surface area contributed by atoms with E-state index in [2.05, 4.69) is 0 Å². The number of carbonyl (C=O) groups excluding carboxylic acids is 1. The summed E-state index contributed by atoms with van der Waals surface area (Å²) in [6.07, 6.45) is 0.730. The van der Waals surface area contributed by atoms with Crippen molar-refractivity contribution in [2.75, 3.05) is 13.2 Å². The van der Waals surface area contributed by atoms with E-state index < -0.39 is 6.04 Å². The summed E-state index contributed by atoms with van der Waals surface area (Å²) in [4.78, 5) is 29.0. The smallest absolute Gasteiger partial charge is 0.290 e. The summed E-state index contributed by atoms with van der Waals surface area (Å²) in [5, 5.41) is 0.846. The summed E-state index contributed by atoms with van der Waals surface area (Å²) in [7, 11) is 0. The number of nitrogens with zero attached hydrogens (tertiary/aromatic N) is 1. The molecule has 7 heteroatoms. The van der Waals surface area contributed by atoms with Crippen LogP contribution in [0.1, 0.15) is 59.1 Å². The van der Waals surface area contributed by atoms with Crippen LogP contribution in [0.4, 0.5) is 0 Å². The van der Waals surface area contributed by atoms with Crippen molar-refractivity contribution in [1.29, 1.82) is 0 Å². The highest BCUT2D eigenvalue weighted by Gasteiger charge is 2.42. The van der Waals surface area contributed by atoms with Crippen molar-refractivity contribution in [3.8, 4) is 5.75 Å². The number of benzene rings is 3. The van der Waals surface area contributed by atoms with Crippen molar-refractivity contribution in [1.82, 2.24) is 4.90 Å². The van der Waals surface area contributed by atoms with E-state index in [0.717, 1.165) is 16.7 Å². The molecule has 196 valence electrons. The lowest BCUT2D eigenvalue weighted by atomic mass is 9.98. The van der Waals surface area contributed by atoms with Gasteiger partial charge >= 0.3 is 0 Å². The summed E-state index contributed by atoms with van der Waals surface area (Å²) >= 11 is 6.34. The maximum atomic E-state index is 13.8. The van der Waals surface area contributed by atoms with E-state index in [9.17, 15) is 9.59 Å². The van der Waals surface area contributed by atoms with Gasteiger partial charge in [0.2, 0.25) is 5.76 Å². The molecule has 0 bridgehead atoms. The fourth-order valence-corrected chi connectivity index (χ4v) is 4.92. The van der Waals surface area contributed by atoms with Gasteiger partial charge < -0.3 is 18.8 Å². The van der Waals surface area contributed by atoms with Gasteiger partial charge in [0.15, 0.2) is 5.43 Å². The second-order valence-corrected chi connectivity index (χ2v) is 10.2. The number of amides is 1. The molecule has 0 saturated carbocycles. The van der Waals surface area contributed by atoms with Gasteiger partial charge in [0.25, 0.3) is 5.91 Å². The first-order chi connectivity index (χ1) is 18.3. The summed E-state index contributed by atoms with van der Waals surface area (Å²) in [5.41, 5.74) is 3.10. The summed E-state index contributed by atoms with van der Waals surface area (Å²) in [6, 6.07) is 20.2. The number of hydrogen-bond acceptors (Lipinski definition) is 5. The Balaban J connectivity index is 1.50. The predicted octanol–water partition coefficient (Wildman–Crippen LogP) is 6.69. The van der Waals surface area contributed by atoms with Crippen molar-refractivity contribution < 1.29 is 18.7 Å². The molecule has 4 aromatic rings. The molecule has 1 aromatic heterocycles. The molecule has 1 amide bonds. The Bertz CT molecular complexity index is 1510. The molecule has 6 nitrogen and oxygen atoms in total. The molecular formula is C31H30ClNO5. The minimum absolute atomic E-state index is 0.0865. The Morgan fingerprint density at radius 3 is 2.47 bits per heavy atom. The second kappa shape index (κ2) is 11.0. The lowest BCUT2D eigenvalue weighted by Crippen LogP contribution is -2.31. The quantitative estimate of drug-likeness (QED) is 0.225. The third kappa shape index (κ3) is 5.19. The highest BCUT2D eigenvalue weighted by atomic mass is 35.5. The predicted molar refractivity (Wildman–Crippen MR) is 148 cm³/mol. The second-order valence-electron chi connectivity index (χ2n) is 9.79. The van der Waals surface area contributed by atoms with Crippen LogP contribution in [0.2, 0.25) is 5.02 Å². The van der Waals surface area contributed by atoms with E-state index >= 15 is 0 Å². The minimum atomic E-state index is -0.583. The van der Waals surface area contributed by atoms with Crippen LogP contribution in [0.25, 0.3) is 11.0 Å². The van der Waals surface area contributed by atoms with E-state index in [4.69, 9.17) is 25.5 Å². The monoisotopic (exact) mass is 531 g/mol. The van der Waals surface area contributed by atoms with Crippen LogP contribution in [-0.4, -0.2) is 30.1 Å². The Labute approximate surface area is 226 Å². The summed E-state index contributed by atoms with van der Waals surface area (Å²) < 4.78 is 17.7. The molecule has 2 heterocycles. The van der Waals surface area contributed by atoms with E-state index in [1.807, 2.05) is 75.4 Å². The highest BCUT2D eigenvalue weighted by Crippen LogP contribution is 2.39. The van der Waals surface area contributed by atoms with Crippen LogP contribution in [0.3, 0.4) is 0 Å². The molecule has 0 radical (unpaired) electrons. The number of hydrogen-bond donors (Lipinski definition) is 0. The van der Waals surface area contributed by atoms with E-state index in [1.54, 1.807) is 17.0 Å². The van der Waals surface area contributed by atoms with Gasteiger partial charge in [0.1, 0.15) is 17.9 Å². The molecule has 0 saturated heterocycles.